The predicted molar refractivity (Wildman–Crippen MR) is 173 cm³/mol. The van der Waals surface area contributed by atoms with E-state index in [4.69, 9.17) is 14.2 Å². The number of benzene rings is 1. The van der Waals surface area contributed by atoms with Crippen LogP contribution in [0.3, 0.4) is 0 Å². The molecule has 1 saturated heterocycles. The lowest BCUT2D eigenvalue weighted by Gasteiger charge is -2.33. The standard InChI is InChI=1S/C32H49N5O11/c1-20(2)23-16-18-36(28(40)24(11-9-19-38)35-31(43)48-32(3,4)5)26(23)27(39)34-25(29(41)46-6)10-7-8-17-33-30(42)47-22-14-12-21(13-15-22)37(44)45/h12-15,20,23-26,38H,7-11,16-19H2,1-6H3,(H,33,42)(H,34,39)(H,35,43)/t23-,24+,25+,26+/m1/s1. The SMILES string of the molecule is COC(=O)[C@H](CCCCNC(=O)Oc1ccc([N+](=O)[O-])cc1)NC(=O)[C@@H]1[C@@H](C(C)C)CCN1C(=O)[C@H](CCCO)NC(=O)OC(C)(C)C. The van der Waals surface area contributed by atoms with Crippen LogP contribution in [0.1, 0.15) is 73.1 Å². The Hall–Kier alpha value is -4.47. The van der Waals surface area contributed by atoms with Gasteiger partial charge in [0.05, 0.1) is 12.0 Å². The zero-order valence-electron chi connectivity index (χ0n) is 28.5. The molecule has 0 aliphatic carbocycles. The molecule has 0 saturated carbocycles. The van der Waals surface area contributed by atoms with E-state index in [9.17, 15) is 39.2 Å². The number of hydrogen-bond donors (Lipinski definition) is 4. The first kappa shape index (κ1) is 39.7. The molecule has 268 valence electrons. The molecule has 0 radical (unpaired) electrons. The van der Waals surface area contributed by atoms with Crippen molar-refractivity contribution in [2.75, 3.05) is 26.8 Å². The molecule has 1 aliphatic heterocycles. The molecular weight excluding hydrogens is 630 g/mol. The van der Waals surface area contributed by atoms with Crippen LogP contribution in [0.15, 0.2) is 24.3 Å². The Balaban J connectivity index is 2.04. The molecule has 4 atom stereocenters. The predicted octanol–water partition coefficient (Wildman–Crippen LogP) is 3.05. The van der Waals surface area contributed by atoms with Crippen LogP contribution in [-0.4, -0.2) is 95.4 Å². The fourth-order valence-corrected chi connectivity index (χ4v) is 5.39. The summed E-state index contributed by atoms with van der Waals surface area (Å²) in [6.07, 6.45) is 0.358. The highest BCUT2D eigenvalue weighted by Crippen LogP contribution is 2.32. The van der Waals surface area contributed by atoms with Crippen molar-refractivity contribution < 1.29 is 48.2 Å². The van der Waals surface area contributed by atoms with Crippen LogP contribution in [0.2, 0.25) is 0 Å². The number of ether oxygens (including phenoxy) is 3. The molecule has 1 heterocycles. The van der Waals surface area contributed by atoms with E-state index in [1.54, 1.807) is 20.8 Å². The zero-order valence-corrected chi connectivity index (χ0v) is 28.5. The second-order valence-corrected chi connectivity index (χ2v) is 12.9. The van der Waals surface area contributed by atoms with Gasteiger partial charge in [-0.05, 0) is 83.3 Å². The number of hydrogen-bond acceptors (Lipinski definition) is 11. The minimum absolute atomic E-state index is 0.0154. The number of carbonyl (C=O) groups is 5. The molecule has 0 unspecified atom stereocenters. The van der Waals surface area contributed by atoms with Gasteiger partial charge in [-0.2, -0.15) is 0 Å². The molecule has 0 aromatic heterocycles. The van der Waals surface area contributed by atoms with Gasteiger partial charge in [0.2, 0.25) is 11.8 Å². The average molecular weight is 680 g/mol. The van der Waals surface area contributed by atoms with E-state index in [0.717, 1.165) is 0 Å². The minimum atomic E-state index is -1.04. The third-order valence-corrected chi connectivity index (χ3v) is 7.74. The molecule has 16 heteroatoms. The molecule has 2 rings (SSSR count). The van der Waals surface area contributed by atoms with Gasteiger partial charge in [0.15, 0.2) is 0 Å². The van der Waals surface area contributed by atoms with Crippen LogP contribution >= 0.6 is 0 Å². The number of non-ortho nitro benzene ring substituents is 1. The van der Waals surface area contributed by atoms with Crippen molar-refractivity contribution in [1.29, 1.82) is 0 Å². The summed E-state index contributed by atoms with van der Waals surface area (Å²) in [4.78, 5) is 76.5. The Kier molecular flexibility index (Phi) is 15.5. The lowest BCUT2D eigenvalue weighted by atomic mass is 9.88. The molecule has 48 heavy (non-hydrogen) atoms. The van der Waals surface area contributed by atoms with E-state index in [1.165, 1.54) is 36.3 Å². The molecule has 1 fully saturated rings. The van der Waals surface area contributed by atoms with Crippen molar-refractivity contribution in [3.05, 3.63) is 34.4 Å². The Labute approximate surface area is 280 Å². The van der Waals surface area contributed by atoms with Gasteiger partial charge in [-0.15, -0.1) is 0 Å². The number of rotatable bonds is 16. The highest BCUT2D eigenvalue weighted by atomic mass is 16.6. The summed E-state index contributed by atoms with van der Waals surface area (Å²) < 4.78 is 15.4. The lowest BCUT2D eigenvalue weighted by Crippen LogP contribution is -2.57. The monoisotopic (exact) mass is 679 g/mol. The van der Waals surface area contributed by atoms with Crippen molar-refractivity contribution in [3.63, 3.8) is 0 Å². The Morgan fingerprint density at radius 1 is 1.00 bits per heavy atom. The first-order valence-electron chi connectivity index (χ1n) is 16.1. The third kappa shape index (κ3) is 12.6. The van der Waals surface area contributed by atoms with E-state index in [0.29, 0.717) is 19.3 Å². The van der Waals surface area contributed by atoms with Crippen molar-refractivity contribution >= 4 is 35.7 Å². The van der Waals surface area contributed by atoms with Gasteiger partial charge in [0, 0.05) is 31.8 Å². The molecular formula is C32H49N5O11. The average Bonchev–Trinajstić information content (AvgIpc) is 3.47. The van der Waals surface area contributed by atoms with E-state index in [2.05, 4.69) is 16.0 Å². The fourth-order valence-electron chi connectivity index (χ4n) is 5.39. The molecule has 1 aromatic rings. The number of unbranched alkanes of at least 4 members (excludes halogenated alkanes) is 1. The quantitative estimate of drug-likeness (QED) is 0.0862. The normalized spacial score (nSPS) is 17.2. The van der Waals surface area contributed by atoms with Gasteiger partial charge in [0.1, 0.15) is 29.5 Å². The number of methoxy groups -OCH3 is 1. The Morgan fingerprint density at radius 2 is 1.65 bits per heavy atom. The Bertz CT molecular complexity index is 1270. The number of nitrogens with zero attached hydrogens (tertiary/aromatic N) is 2. The summed E-state index contributed by atoms with van der Waals surface area (Å²) in [6, 6.07) is 2.05. The maximum absolute atomic E-state index is 13.8. The van der Waals surface area contributed by atoms with E-state index < -0.39 is 58.6 Å². The number of nitro benzene ring substituents is 1. The topological polar surface area (TPSA) is 216 Å². The summed E-state index contributed by atoms with van der Waals surface area (Å²) in [7, 11) is 1.20. The van der Waals surface area contributed by atoms with E-state index in [1.807, 2.05) is 13.8 Å². The van der Waals surface area contributed by atoms with Crippen LogP contribution in [0.5, 0.6) is 5.75 Å². The largest absolute Gasteiger partial charge is 0.467 e. The third-order valence-electron chi connectivity index (χ3n) is 7.74. The highest BCUT2D eigenvalue weighted by molar-refractivity contribution is 5.93. The van der Waals surface area contributed by atoms with Crippen molar-refractivity contribution in [3.8, 4) is 5.75 Å². The molecule has 0 spiro atoms. The number of amides is 4. The maximum Gasteiger partial charge on any atom is 0.412 e. The van der Waals surface area contributed by atoms with Crippen molar-refractivity contribution in [2.45, 2.75) is 96.9 Å². The smallest absolute Gasteiger partial charge is 0.412 e. The van der Waals surface area contributed by atoms with Gasteiger partial charge >= 0.3 is 18.2 Å². The number of nitro groups is 1. The molecule has 0 bridgehead atoms. The van der Waals surface area contributed by atoms with Crippen LogP contribution < -0.4 is 20.7 Å². The first-order valence-corrected chi connectivity index (χ1v) is 16.1. The van der Waals surface area contributed by atoms with Gasteiger partial charge in [-0.1, -0.05) is 13.8 Å². The van der Waals surface area contributed by atoms with Crippen molar-refractivity contribution in [2.24, 2.45) is 11.8 Å². The van der Waals surface area contributed by atoms with Crippen LogP contribution in [0.4, 0.5) is 15.3 Å². The number of aliphatic hydroxyl groups is 1. The molecule has 4 N–H and O–H groups in total. The number of alkyl carbamates (subject to hydrolysis) is 1. The van der Waals surface area contributed by atoms with Gasteiger partial charge in [-0.3, -0.25) is 19.7 Å². The van der Waals surface area contributed by atoms with Gasteiger partial charge in [-0.25, -0.2) is 14.4 Å². The number of aliphatic hydroxyl groups excluding tert-OH is 1. The molecule has 1 aliphatic rings. The number of nitrogens with one attached hydrogen (secondary N) is 3. The zero-order chi connectivity index (χ0) is 36.0. The summed E-state index contributed by atoms with van der Waals surface area (Å²) in [5.74, 6) is -1.76. The molecule has 4 amide bonds. The van der Waals surface area contributed by atoms with E-state index in [-0.39, 0.29) is 62.2 Å². The summed E-state index contributed by atoms with van der Waals surface area (Å²) in [5, 5.41) is 28.1. The van der Waals surface area contributed by atoms with Crippen LogP contribution in [0.25, 0.3) is 0 Å². The first-order chi connectivity index (χ1) is 22.6. The lowest BCUT2D eigenvalue weighted by molar-refractivity contribution is -0.384. The van der Waals surface area contributed by atoms with Gasteiger partial charge in [0.25, 0.3) is 5.69 Å². The van der Waals surface area contributed by atoms with Crippen LogP contribution in [-0.2, 0) is 23.9 Å². The summed E-state index contributed by atoms with van der Waals surface area (Å²) >= 11 is 0. The second kappa shape index (κ2) is 18.8. The number of likely N-dealkylation sites (tertiary alicyclic amines) is 1. The highest BCUT2D eigenvalue weighted by Gasteiger charge is 2.45. The van der Waals surface area contributed by atoms with Gasteiger partial charge < -0.3 is 40.2 Å². The van der Waals surface area contributed by atoms with E-state index >= 15 is 0 Å². The molecule has 16 nitrogen and oxygen atoms in total. The fraction of sp³-hybridized carbons (Fsp3) is 0.656. The van der Waals surface area contributed by atoms with Crippen LogP contribution in [0, 0.1) is 22.0 Å². The summed E-state index contributed by atoms with van der Waals surface area (Å²) in [6.45, 7) is 9.21. The molecule has 1 aromatic carbocycles. The summed E-state index contributed by atoms with van der Waals surface area (Å²) in [5.41, 5.74) is -0.940. The number of esters is 1. The maximum atomic E-state index is 13.8. The number of carbonyl (C=O) groups excluding carboxylic acids is 5. The second-order valence-electron chi connectivity index (χ2n) is 12.9. The minimum Gasteiger partial charge on any atom is -0.467 e. The van der Waals surface area contributed by atoms with Crippen molar-refractivity contribution in [1.82, 2.24) is 20.9 Å². The Morgan fingerprint density at radius 3 is 2.21 bits per heavy atom.